The Kier molecular flexibility index (Phi) is 6.19. The standard InChI is InChI=1S/C19H35NO4/c1-18(2,3)24-17(22)20-15(13-21)10-11-19(20,4)12-14-6-8-16(23-5)9-7-14/h14-16,21H,6-13H2,1-5H3/t14?,15-,16?,19?/m1/s1. The van der Waals surface area contributed by atoms with E-state index in [1.165, 1.54) is 0 Å². The van der Waals surface area contributed by atoms with Crippen LogP contribution in [-0.4, -0.2) is 53.1 Å². The van der Waals surface area contributed by atoms with E-state index in [0.29, 0.717) is 12.0 Å². The van der Waals surface area contributed by atoms with Crippen molar-refractivity contribution >= 4 is 6.09 Å². The topological polar surface area (TPSA) is 59.0 Å². The lowest BCUT2D eigenvalue weighted by Gasteiger charge is -2.42. The number of hydrogen-bond donors (Lipinski definition) is 1. The van der Waals surface area contributed by atoms with E-state index in [9.17, 15) is 9.90 Å². The minimum absolute atomic E-state index is 0.00521. The van der Waals surface area contributed by atoms with Crippen LogP contribution < -0.4 is 0 Å². The molecule has 1 N–H and O–H groups in total. The summed E-state index contributed by atoms with van der Waals surface area (Å²) in [5.41, 5.74) is -0.739. The van der Waals surface area contributed by atoms with E-state index >= 15 is 0 Å². The lowest BCUT2D eigenvalue weighted by molar-refractivity contribution is -0.0140. The zero-order valence-corrected chi connectivity index (χ0v) is 16.0. The Labute approximate surface area is 146 Å². The van der Waals surface area contributed by atoms with Crippen LogP contribution in [0.5, 0.6) is 0 Å². The fourth-order valence-corrected chi connectivity index (χ4v) is 4.42. The molecule has 0 radical (unpaired) electrons. The number of nitrogens with zero attached hydrogens (tertiary/aromatic N) is 1. The largest absolute Gasteiger partial charge is 0.444 e. The number of ether oxygens (including phenoxy) is 2. The third-order valence-corrected chi connectivity index (χ3v) is 5.62. The van der Waals surface area contributed by atoms with Crippen molar-refractivity contribution in [3.63, 3.8) is 0 Å². The molecule has 1 heterocycles. The van der Waals surface area contributed by atoms with Gasteiger partial charge in [-0.15, -0.1) is 0 Å². The van der Waals surface area contributed by atoms with Crippen LogP contribution in [0.4, 0.5) is 4.79 Å². The molecule has 140 valence electrons. The maximum absolute atomic E-state index is 12.8. The van der Waals surface area contributed by atoms with Gasteiger partial charge in [-0.25, -0.2) is 4.79 Å². The molecule has 5 heteroatoms. The van der Waals surface area contributed by atoms with Crippen LogP contribution in [0.1, 0.15) is 72.6 Å². The molecule has 0 bridgehead atoms. The van der Waals surface area contributed by atoms with E-state index in [2.05, 4.69) is 6.92 Å². The van der Waals surface area contributed by atoms with Crippen molar-refractivity contribution < 1.29 is 19.4 Å². The number of hydrogen-bond acceptors (Lipinski definition) is 4. The second kappa shape index (κ2) is 7.61. The number of carbonyl (C=O) groups is 1. The van der Waals surface area contributed by atoms with Crippen molar-refractivity contribution in [2.24, 2.45) is 5.92 Å². The molecule has 2 atom stereocenters. The maximum atomic E-state index is 12.8. The average molecular weight is 341 g/mol. The van der Waals surface area contributed by atoms with Gasteiger partial charge >= 0.3 is 6.09 Å². The van der Waals surface area contributed by atoms with Gasteiger partial charge in [0, 0.05) is 12.6 Å². The van der Waals surface area contributed by atoms with Crippen molar-refractivity contribution in [3.8, 4) is 0 Å². The molecule has 1 unspecified atom stereocenters. The Bertz CT molecular complexity index is 426. The second-order valence-electron chi connectivity index (χ2n) is 8.80. The van der Waals surface area contributed by atoms with Crippen LogP contribution in [-0.2, 0) is 9.47 Å². The van der Waals surface area contributed by atoms with Crippen molar-refractivity contribution in [2.45, 2.75) is 95.9 Å². The highest BCUT2D eigenvalue weighted by molar-refractivity contribution is 5.70. The Morgan fingerprint density at radius 1 is 1.21 bits per heavy atom. The third-order valence-electron chi connectivity index (χ3n) is 5.62. The summed E-state index contributed by atoms with van der Waals surface area (Å²) in [5, 5.41) is 9.72. The van der Waals surface area contributed by atoms with Crippen LogP contribution in [0.25, 0.3) is 0 Å². The van der Waals surface area contributed by atoms with Gasteiger partial charge in [0.25, 0.3) is 0 Å². The van der Waals surface area contributed by atoms with Crippen LogP contribution in [0.15, 0.2) is 0 Å². The first-order chi connectivity index (χ1) is 11.2. The van der Waals surface area contributed by atoms with Gasteiger partial charge < -0.3 is 14.6 Å². The van der Waals surface area contributed by atoms with Crippen LogP contribution in [0, 0.1) is 5.92 Å². The second-order valence-corrected chi connectivity index (χ2v) is 8.80. The SMILES string of the molecule is COC1CCC(CC2(C)CC[C@H](CO)N2C(=O)OC(C)(C)C)CC1. The van der Waals surface area contributed by atoms with E-state index in [1.54, 1.807) is 7.11 Å². The van der Waals surface area contributed by atoms with Gasteiger partial charge in [0.15, 0.2) is 0 Å². The van der Waals surface area contributed by atoms with E-state index in [1.807, 2.05) is 25.7 Å². The van der Waals surface area contributed by atoms with E-state index < -0.39 is 5.60 Å². The first-order valence-corrected chi connectivity index (χ1v) is 9.34. The molecular weight excluding hydrogens is 306 g/mol. The molecule has 0 spiro atoms. The zero-order chi connectivity index (χ0) is 18.0. The van der Waals surface area contributed by atoms with Crippen molar-refractivity contribution in [1.82, 2.24) is 4.90 Å². The van der Waals surface area contributed by atoms with E-state index in [4.69, 9.17) is 9.47 Å². The van der Waals surface area contributed by atoms with Crippen molar-refractivity contribution in [3.05, 3.63) is 0 Å². The highest BCUT2D eigenvalue weighted by Crippen LogP contribution is 2.42. The Morgan fingerprint density at radius 3 is 2.33 bits per heavy atom. The van der Waals surface area contributed by atoms with Gasteiger partial charge in [-0.05, 0) is 78.6 Å². The molecule has 5 nitrogen and oxygen atoms in total. The summed E-state index contributed by atoms with van der Waals surface area (Å²) in [6.07, 6.45) is 7.39. The lowest BCUT2D eigenvalue weighted by atomic mass is 9.78. The molecule has 0 aromatic heterocycles. The van der Waals surface area contributed by atoms with Crippen molar-refractivity contribution in [2.75, 3.05) is 13.7 Å². The molecule has 1 amide bonds. The number of amides is 1. The molecule has 24 heavy (non-hydrogen) atoms. The molecule has 1 aliphatic carbocycles. The van der Waals surface area contributed by atoms with Gasteiger partial charge in [0.2, 0.25) is 0 Å². The summed E-state index contributed by atoms with van der Waals surface area (Å²) in [7, 11) is 1.79. The summed E-state index contributed by atoms with van der Waals surface area (Å²) in [6.45, 7) is 7.83. The smallest absolute Gasteiger partial charge is 0.411 e. The molecular formula is C19H35NO4. The van der Waals surface area contributed by atoms with E-state index in [0.717, 1.165) is 44.9 Å². The fraction of sp³-hybridized carbons (Fsp3) is 0.947. The minimum atomic E-state index is -0.517. The Morgan fingerprint density at radius 2 is 1.83 bits per heavy atom. The number of methoxy groups -OCH3 is 1. The normalized spacial score (nSPS) is 34.4. The van der Waals surface area contributed by atoms with Crippen LogP contribution >= 0.6 is 0 Å². The van der Waals surface area contributed by atoms with Crippen LogP contribution in [0.3, 0.4) is 0 Å². The molecule has 0 aromatic rings. The van der Waals surface area contributed by atoms with E-state index in [-0.39, 0.29) is 24.3 Å². The van der Waals surface area contributed by atoms with Gasteiger partial charge in [0.05, 0.1) is 18.8 Å². The minimum Gasteiger partial charge on any atom is -0.444 e. The zero-order valence-electron chi connectivity index (χ0n) is 16.0. The maximum Gasteiger partial charge on any atom is 0.411 e. The number of rotatable bonds is 4. The third kappa shape index (κ3) is 4.63. The van der Waals surface area contributed by atoms with Gasteiger partial charge in [-0.1, -0.05) is 0 Å². The summed E-state index contributed by atoms with van der Waals surface area (Å²) >= 11 is 0. The monoisotopic (exact) mass is 341 g/mol. The van der Waals surface area contributed by atoms with Gasteiger partial charge in [0.1, 0.15) is 5.60 Å². The first kappa shape index (κ1) is 19.5. The molecule has 1 saturated heterocycles. The lowest BCUT2D eigenvalue weighted by Crippen LogP contribution is -2.52. The van der Waals surface area contributed by atoms with Gasteiger partial charge in [-0.3, -0.25) is 4.90 Å². The quantitative estimate of drug-likeness (QED) is 0.846. The Hall–Kier alpha value is -0.810. The predicted molar refractivity (Wildman–Crippen MR) is 94.0 cm³/mol. The van der Waals surface area contributed by atoms with Crippen LogP contribution in [0.2, 0.25) is 0 Å². The molecule has 2 rings (SSSR count). The predicted octanol–water partition coefficient (Wildman–Crippen LogP) is 3.73. The first-order valence-electron chi connectivity index (χ1n) is 9.34. The van der Waals surface area contributed by atoms with Crippen molar-refractivity contribution in [1.29, 1.82) is 0 Å². The Balaban J connectivity index is 2.06. The number of carbonyl (C=O) groups excluding carboxylic acids is 1. The number of aliphatic hydroxyl groups excluding tert-OH is 1. The molecule has 1 saturated carbocycles. The molecule has 1 aliphatic heterocycles. The average Bonchev–Trinajstić information content (AvgIpc) is 2.83. The highest BCUT2D eigenvalue weighted by Gasteiger charge is 2.48. The molecule has 2 aliphatic rings. The number of likely N-dealkylation sites (tertiary alicyclic amines) is 1. The summed E-state index contributed by atoms with van der Waals surface area (Å²) in [6, 6.07) is -0.125. The summed E-state index contributed by atoms with van der Waals surface area (Å²) < 4.78 is 11.1. The molecule has 0 aromatic carbocycles. The number of aliphatic hydroxyl groups is 1. The summed E-state index contributed by atoms with van der Waals surface area (Å²) in [5.74, 6) is 0.615. The highest BCUT2D eigenvalue weighted by atomic mass is 16.6. The fourth-order valence-electron chi connectivity index (χ4n) is 4.42. The molecule has 2 fully saturated rings. The summed E-state index contributed by atoms with van der Waals surface area (Å²) in [4.78, 5) is 14.6. The van der Waals surface area contributed by atoms with Gasteiger partial charge in [-0.2, -0.15) is 0 Å².